The van der Waals surface area contributed by atoms with E-state index in [4.69, 9.17) is 5.11 Å². The van der Waals surface area contributed by atoms with Gasteiger partial charge in [0.05, 0.1) is 6.10 Å². The summed E-state index contributed by atoms with van der Waals surface area (Å²) in [6.45, 7) is 4.53. The van der Waals surface area contributed by atoms with Crippen LogP contribution in [0.3, 0.4) is 0 Å². The lowest BCUT2D eigenvalue weighted by Crippen LogP contribution is -2.54. The summed E-state index contributed by atoms with van der Waals surface area (Å²) in [4.78, 5) is 26.4. The Morgan fingerprint density at radius 1 is 1.45 bits per heavy atom. The Balaban J connectivity index is 2.54. The molecule has 114 valence electrons. The van der Waals surface area contributed by atoms with Crippen molar-refractivity contribution in [1.82, 2.24) is 9.80 Å². The van der Waals surface area contributed by atoms with E-state index in [2.05, 4.69) is 6.58 Å². The zero-order valence-electron chi connectivity index (χ0n) is 12.0. The first kappa shape index (κ1) is 16.5. The zero-order chi connectivity index (χ0) is 15.1. The van der Waals surface area contributed by atoms with Crippen molar-refractivity contribution < 1.29 is 19.8 Å². The first-order valence-corrected chi connectivity index (χ1v) is 7.01. The molecule has 0 spiro atoms. The molecule has 0 bridgehead atoms. The molecular formula is C14H24N2O4. The van der Waals surface area contributed by atoms with Crippen molar-refractivity contribution in [3.63, 3.8) is 0 Å². The average molecular weight is 284 g/mol. The van der Waals surface area contributed by atoms with Crippen molar-refractivity contribution in [2.24, 2.45) is 0 Å². The molecule has 1 aliphatic rings. The molecule has 0 saturated carbocycles. The van der Waals surface area contributed by atoms with E-state index in [0.29, 0.717) is 13.0 Å². The van der Waals surface area contributed by atoms with E-state index in [0.717, 1.165) is 19.3 Å². The van der Waals surface area contributed by atoms with Gasteiger partial charge in [-0.25, -0.2) is 9.59 Å². The fraction of sp³-hybridized carbons (Fsp3) is 0.714. The topological polar surface area (TPSA) is 81.1 Å². The minimum absolute atomic E-state index is 0.103. The van der Waals surface area contributed by atoms with Crippen molar-refractivity contribution >= 4 is 12.0 Å². The maximum Gasteiger partial charge on any atom is 0.326 e. The predicted molar refractivity (Wildman–Crippen MR) is 75.4 cm³/mol. The number of allylic oxidation sites excluding steroid dienone is 1. The Hall–Kier alpha value is -1.56. The van der Waals surface area contributed by atoms with Gasteiger partial charge in [-0.15, -0.1) is 6.58 Å². The minimum atomic E-state index is -1.06. The van der Waals surface area contributed by atoms with Gasteiger partial charge in [0.15, 0.2) is 0 Å². The number of hydrogen-bond donors (Lipinski definition) is 2. The summed E-state index contributed by atoms with van der Waals surface area (Å²) in [6, 6.07) is -1.20. The predicted octanol–water partition coefficient (Wildman–Crippen LogP) is 1.30. The lowest BCUT2D eigenvalue weighted by Gasteiger charge is -2.37. The quantitative estimate of drug-likeness (QED) is 0.569. The maximum absolute atomic E-state index is 12.3. The van der Waals surface area contributed by atoms with Crippen molar-refractivity contribution in [3.05, 3.63) is 12.7 Å². The molecule has 20 heavy (non-hydrogen) atoms. The molecular weight excluding hydrogens is 260 g/mol. The minimum Gasteiger partial charge on any atom is -0.480 e. The molecule has 2 N–H and O–H groups in total. The standard InChI is InChI=1S/C14H24N2O4/c1-3-4-5-6-8-15(2)14(20)16-9-7-11(17)10-12(16)13(18)19/h3,11-12,17H,1,4-10H2,2H3,(H,18,19)/t11-,12+/m1/s1. The van der Waals surface area contributed by atoms with Gasteiger partial charge in [0.2, 0.25) is 0 Å². The van der Waals surface area contributed by atoms with Crippen molar-refractivity contribution in [3.8, 4) is 0 Å². The molecule has 0 aromatic carbocycles. The van der Waals surface area contributed by atoms with Gasteiger partial charge >= 0.3 is 12.0 Å². The van der Waals surface area contributed by atoms with E-state index >= 15 is 0 Å². The molecule has 1 saturated heterocycles. The number of carboxylic acid groups (broad SMARTS) is 1. The first-order chi connectivity index (χ1) is 9.47. The van der Waals surface area contributed by atoms with Crippen LogP contribution in [0.5, 0.6) is 0 Å². The van der Waals surface area contributed by atoms with Crippen molar-refractivity contribution in [2.75, 3.05) is 20.1 Å². The van der Waals surface area contributed by atoms with Crippen LogP contribution in [0.2, 0.25) is 0 Å². The number of rotatable bonds is 6. The number of aliphatic carboxylic acids is 1. The van der Waals surface area contributed by atoms with Crippen LogP contribution in [0.15, 0.2) is 12.7 Å². The SMILES string of the molecule is C=CCCCCN(C)C(=O)N1CC[C@@H](O)C[C@H]1C(=O)O. The second kappa shape index (κ2) is 7.89. The van der Waals surface area contributed by atoms with Crippen molar-refractivity contribution in [1.29, 1.82) is 0 Å². The number of aliphatic hydroxyl groups is 1. The van der Waals surface area contributed by atoms with Gasteiger partial charge in [-0.3, -0.25) is 0 Å². The van der Waals surface area contributed by atoms with Gasteiger partial charge in [0, 0.05) is 26.6 Å². The average Bonchev–Trinajstić information content (AvgIpc) is 2.42. The molecule has 0 unspecified atom stereocenters. The Morgan fingerprint density at radius 3 is 2.75 bits per heavy atom. The number of amides is 2. The Morgan fingerprint density at radius 2 is 2.15 bits per heavy atom. The number of unbranched alkanes of at least 4 members (excludes halogenated alkanes) is 2. The highest BCUT2D eigenvalue weighted by Gasteiger charge is 2.36. The van der Waals surface area contributed by atoms with Crippen LogP contribution >= 0.6 is 0 Å². The number of hydrogen-bond acceptors (Lipinski definition) is 3. The van der Waals surface area contributed by atoms with Crippen LogP contribution in [-0.4, -0.2) is 64.3 Å². The first-order valence-electron chi connectivity index (χ1n) is 7.01. The van der Waals surface area contributed by atoms with Crippen LogP contribution in [-0.2, 0) is 4.79 Å². The van der Waals surface area contributed by atoms with Gasteiger partial charge in [-0.2, -0.15) is 0 Å². The van der Waals surface area contributed by atoms with Gasteiger partial charge in [0.25, 0.3) is 0 Å². The Kier molecular flexibility index (Phi) is 6.51. The fourth-order valence-electron chi connectivity index (χ4n) is 2.36. The molecule has 0 aromatic heterocycles. The highest BCUT2D eigenvalue weighted by atomic mass is 16.4. The van der Waals surface area contributed by atoms with E-state index in [-0.39, 0.29) is 19.0 Å². The number of aliphatic hydroxyl groups excluding tert-OH is 1. The second-order valence-corrected chi connectivity index (χ2v) is 5.21. The van der Waals surface area contributed by atoms with Crippen LogP contribution in [0.4, 0.5) is 4.79 Å². The van der Waals surface area contributed by atoms with Gasteiger partial charge < -0.3 is 20.0 Å². The molecule has 2 amide bonds. The van der Waals surface area contributed by atoms with Crippen molar-refractivity contribution in [2.45, 2.75) is 44.2 Å². The Labute approximate surface area is 119 Å². The van der Waals surface area contributed by atoms with E-state index in [1.54, 1.807) is 11.9 Å². The van der Waals surface area contributed by atoms with Crippen LogP contribution < -0.4 is 0 Å². The van der Waals surface area contributed by atoms with Gasteiger partial charge in [-0.1, -0.05) is 6.08 Å². The summed E-state index contributed by atoms with van der Waals surface area (Å²) in [5, 5.41) is 18.7. The molecule has 1 heterocycles. The number of carbonyl (C=O) groups is 2. The van der Waals surface area contributed by atoms with Gasteiger partial charge in [-0.05, 0) is 25.7 Å². The largest absolute Gasteiger partial charge is 0.480 e. The normalized spacial score (nSPS) is 22.4. The second-order valence-electron chi connectivity index (χ2n) is 5.21. The number of carboxylic acids is 1. The third-order valence-electron chi connectivity index (χ3n) is 3.58. The number of piperidine rings is 1. The Bertz CT molecular complexity index is 359. The molecule has 1 rings (SSSR count). The molecule has 1 aliphatic heterocycles. The summed E-state index contributed by atoms with van der Waals surface area (Å²) in [5.74, 6) is -1.06. The molecule has 0 aromatic rings. The van der Waals surface area contributed by atoms with E-state index in [9.17, 15) is 14.7 Å². The third kappa shape index (κ3) is 4.52. The summed E-state index contributed by atoms with van der Waals surface area (Å²) >= 11 is 0. The molecule has 0 aliphatic carbocycles. The number of likely N-dealkylation sites (tertiary alicyclic amines) is 1. The van der Waals surface area contributed by atoms with E-state index in [1.165, 1.54) is 4.90 Å². The molecule has 6 heteroatoms. The monoisotopic (exact) mass is 284 g/mol. The fourth-order valence-corrected chi connectivity index (χ4v) is 2.36. The number of urea groups is 1. The zero-order valence-corrected chi connectivity index (χ0v) is 12.0. The maximum atomic E-state index is 12.3. The van der Waals surface area contributed by atoms with Crippen LogP contribution in [0, 0.1) is 0 Å². The van der Waals surface area contributed by atoms with E-state index < -0.39 is 18.1 Å². The number of carbonyl (C=O) groups excluding carboxylic acids is 1. The third-order valence-corrected chi connectivity index (χ3v) is 3.58. The summed E-state index contributed by atoms with van der Waals surface area (Å²) in [5.41, 5.74) is 0. The highest BCUT2D eigenvalue weighted by Crippen LogP contribution is 2.19. The van der Waals surface area contributed by atoms with E-state index in [1.807, 2.05) is 6.08 Å². The lowest BCUT2D eigenvalue weighted by atomic mass is 10.00. The molecule has 2 atom stereocenters. The summed E-state index contributed by atoms with van der Waals surface area (Å²) in [7, 11) is 1.68. The van der Waals surface area contributed by atoms with Crippen LogP contribution in [0.25, 0.3) is 0 Å². The molecule has 1 fully saturated rings. The van der Waals surface area contributed by atoms with Gasteiger partial charge in [0.1, 0.15) is 6.04 Å². The molecule has 6 nitrogen and oxygen atoms in total. The van der Waals surface area contributed by atoms with Crippen LogP contribution in [0.1, 0.15) is 32.1 Å². The highest BCUT2D eigenvalue weighted by molar-refractivity contribution is 5.82. The smallest absolute Gasteiger partial charge is 0.326 e. The molecule has 0 radical (unpaired) electrons. The summed E-state index contributed by atoms with van der Waals surface area (Å²) < 4.78 is 0. The number of nitrogens with zero attached hydrogens (tertiary/aromatic N) is 2. The summed E-state index contributed by atoms with van der Waals surface area (Å²) in [6.07, 6.45) is 4.47. The lowest BCUT2D eigenvalue weighted by molar-refractivity contribution is -0.145.